The third-order valence-corrected chi connectivity index (χ3v) is 1.73. The highest BCUT2D eigenvalue weighted by atomic mass is 35.5. The molecule has 0 saturated carbocycles. The predicted octanol–water partition coefficient (Wildman–Crippen LogP) is 2.09. The summed E-state index contributed by atoms with van der Waals surface area (Å²) in [6.45, 7) is 0. The van der Waals surface area contributed by atoms with Crippen molar-refractivity contribution >= 4 is 34.0 Å². The lowest BCUT2D eigenvalue weighted by Crippen LogP contribution is -1.87. The summed E-state index contributed by atoms with van der Waals surface area (Å²) in [6, 6.07) is 6.41. The maximum Gasteiger partial charge on any atom is 0.254 e. The average molecular weight is 202 g/mol. The van der Waals surface area contributed by atoms with E-state index in [0.717, 1.165) is 0 Å². The first kappa shape index (κ1) is 9.09. The monoisotopic (exact) mass is 201 g/mol. The van der Waals surface area contributed by atoms with E-state index in [-0.39, 0.29) is 17.0 Å². The Balaban J connectivity index is 3.26. The fourth-order valence-corrected chi connectivity index (χ4v) is 1.16. The Morgan fingerprint density at radius 2 is 2.08 bits per heavy atom. The Bertz CT molecular complexity index is 339. The number of rotatable bonds is 2. The maximum absolute atomic E-state index is 10.7. The molecular formula is C7H4ClNO2S. The van der Waals surface area contributed by atoms with Crippen molar-refractivity contribution in [1.29, 1.82) is 0 Å². The first-order valence-electron chi connectivity index (χ1n) is 3.04. The lowest BCUT2D eigenvalue weighted by atomic mass is 10.2. The van der Waals surface area contributed by atoms with Crippen molar-refractivity contribution < 1.29 is 9.00 Å². The van der Waals surface area contributed by atoms with Crippen LogP contribution in [0.3, 0.4) is 0 Å². The van der Waals surface area contributed by atoms with Crippen molar-refractivity contribution in [2.75, 3.05) is 0 Å². The summed E-state index contributed by atoms with van der Waals surface area (Å²) in [6.07, 6.45) is 0. The number of hydrogen-bond acceptors (Lipinski definition) is 3. The highest BCUT2D eigenvalue weighted by Crippen LogP contribution is 2.19. The molecule has 0 N–H and O–H groups in total. The largest absolute Gasteiger partial charge is 0.276 e. The molecule has 1 rings (SSSR count). The van der Waals surface area contributed by atoms with Gasteiger partial charge in [0.1, 0.15) is 0 Å². The van der Waals surface area contributed by atoms with E-state index in [2.05, 4.69) is 4.36 Å². The minimum absolute atomic E-state index is 0.0504. The van der Waals surface area contributed by atoms with Crippen LogP contribution in [0.5, 0.6) is 0 Å². The Labute approximate surface area is 77.6 Å². The molecule has 0 atom stereocenters. The maximum atomic E-state index is 10.7. The number of hydrogen-bond donors (Lipinski definition) is 0. The summed E-state index contributed by atoms with van der Waals surface area (Å²) in [5, 5.41) is -0.608. The van der Waals surface area contributed by atoms with E-state index in [4.69, 9.17) is 11.6 Å². The zero-order valence-electron chi connectivity index (χ0n) is 5.86. The van der Waals surface area contributed by atoms with E-state index in [1.807, 2.05) is 0 Å². The number of nitrogens with zero attached hydrogens (tertiary/aromatic N) is 1. The Morgan fingerprint density at radius 1 is 1.42 bits per heavy atom. The molecule has 0 unspecified atom stereocenters. The van der Waals surface area contributed by atoms with Crippen LogP contribution in [0.2, 0.25) is 0 Å². The third-order valence-electron chi connectivity index (χ3n) is 1.25. The smallest absolute Gasteiger partial charge is 0.254 e. The van der Waals surface area contributed by atoms with Gasteiger partial charge in [0.25, 0.3) is 5.24 Å². The fraction of sp³-hybridized carbons (Fsp3) is 0. The molecule has 62 valence electrons. The van der Waals surface area contributed by atoms with Gasteiger partial charge in [-0.3, -0.25) is 4.79 Å². The van der Waals surface area contributed by atoms with E-state index in [1.165, 1.54) is 6.07 Å². The molecule has 0 saturated heterocycles. The summed E-state index contributed by atoms with van der Waals surface area (Å²) in [4.78, 5) is 10.7. The number of halogens is 1. The molecule has 0 fully saturated rings. The van der Waals surface area contributed by atoms with Gasteiger partial charge in [-0.15, -0.1) is 0 Å². The Hall–Kier alpha value is -1.00. The molecule has 0 heterocycles. The fourth-order valence-electron chi connectivity index (χ4n) is 0.760. The molecule has 0 aliphatic carbocycles. The molecule has 0 aromatic heterocycles. The summed E-state index contributed by atoms with van der Waals surface area (Å²) in [7, 11) is 0. The lowest BCUT2D eigenvalue weighted by Gasteiger charge is -1.95. The average Bonchev–Trinajstić information content (AvgIpc) is 2.05. The molecule has 0 aliphatic heterocycles. The predicted molar refractivity (Wildman–Crippen MR) is 46.9 cm³/mol. The van der Waals surface area contributed by atoms with Gasteiger partial charge in [0.15, 0.2) is 0 Å². The van der Waals surface area contributed by atoms with Crippen LogP contribution in [0.1, 0.15) is 10.4 Å². The van der Waals surface area contributed by atoms with E-state index in [9.17, 15) is 9.00 Å². The second-order valence-electron chi connectivity index (χ2n) is 1.96. The second kappa shape index (κ2) is 4.13. The number of benzene rings is 1. The second-order valence-corrected chi connectivity index (χ2v) is 2.63. The molecule has 0 bridgehead atoms. The quantitative estimate of drug-likeness (QED) is 0.688. The van der Waals surface area contributed by atoms with E-state index in [0.29, 0.717) is 5.69 Å². The van der Waals surface area contributed by atoms with Gasteiger partial charge >= 0.3 is 0 Å². The summed E-state index contributed by atoms with van der Waals surface area (Å²) >= 11 is 5.28. The van der Waals surface area contributed by atoms with Gasteiger partial charge < -0.3 is 0 Å². The normalized spacial score (nSPS) is 9.08. The van der Waals surface area contributed by atoms with Gasteiger partial charge in [0, 0.05) is 0 Å². The summed E-state index contributed by atoms with van der Waals surface area (Å²) < 4.78 is 13.6. The minimum atomic E-state index is -0.608. The molecule has 1 aromatic rings. The molecule has 0 spiro atoms. The summed E-state index contributed by atoms with van der Waals surface area (Å²) in [5.41, 5.74) is 0.569. The number of carbonyl (C=O) groups is 1. The Morgan fingerprint density at radius 3 is 2.67 bits per heavy atom. The van der Waals surface area contributed by atoms with Crippen LogP contribution in [0.15, 0.2) is 28.6 Å². The molecule has 0 aliphatic rings. The molecule has 5 heteroatoms. The number of carbonyl (C=O) groups excluding carboxylic acids is 1. The van der Waals surface area contributed by atoms with Crippen molar-refractivity contribution in [1.82, 2.24) is 0 Å². The van der Waals surface area contributed by atoms with E-state index >= 15 is 0 Å². The van der Waals surface area contributed by atoms with Gasteiger partial charge in [-0.05, 0) is 23.7 Å². The molecule has 1 aromatic carbocycles. The Kier molecular flexibility index (Phi) is 3.13. The van der Waals surface area contributed by atoms with Crippen LogP contribution in [0.25, 0.3) is 0 Å². The molecule has 0 amide bonds. The highest BCUT2D eigenvalue weighted by Gasteiger charge is 2.06. The van der Waals surface area contributed by atoms with E-state index < -0.39 is 5.24 Å². The standard InChI is InChI=1S/C7H4ClNO2S/c8-7(10)5-3-1-2-4-6(5)9-12-11/h1-4H. The van der Waals surface area contributed by atoms with Gasteiger partial charge in [-0.25, -0.2) is 0 Å². The SMILES string of the molecule is O=S=Nc1ccccc1C(=O)Cl. The molecule has 12 heavy (non-hydrogen) atoms. The van der Waals surface area contributed by atoms with Crippen molar-refractivity contribution in [3.05, 3.63) is 29.8 Å². The van der Waals surface area contributed by atoms with Crippen LogP contribution < -0.4 is 0 Å². The zero-order chi connectivity index (χ0) is 8.97. The minimum Gasteiger partial charge on any atom is -0.276 e. The molecule has 3 nitrogen and oxygen atoms in total. The van der Waals surface area contributed by atoms with Crippen molar-refractivity contribution in [3.8, 4) is 0 Å². The highest BCUT2D eigenvalue weighted by molar-refractivity contribution is 7.54. The van der Waals surface area contributed by atoms with Crippen LogP contribution >= 0.6 is 11.6 Å². The topological polar surface area (TPSA) is 46.5 Å². The van der Waals surface area contributed by atoms with Gasteiger partial charge in [0.2, 0.25) is 11.5 Å². The van der Waals surface area contributed by atoms with Crippen LogP contribution in [0, 0.1) is 0 Å². The zero-order valence-corrected chi connectivity index (χ0v) is 7.43. The first-order valence-corrected chi connectivity index (χ1v) is 4.12. The van der Waals surface area contributed by atoms with Crippen molar-refractivity contribution in [2.24, 2.45) is 4.36 Å². The van der Waals surface area contributed by atoms with Crippen LogP contribution in [-0.2, 0) is 11.5 Å². The van der Waals surface area contributed by atoms with Crippen molar-refractivity contribution in [3.63, 3.8) is 0 Å². The lowest BCUT2D eigenvalue weighted by molar-refractivity contribution is 0.108. The van der Waals surface area contributed by atoms with Gasteiger partial charge in [-0.2, -0.15) is 8.57 Å². The van der Waals surface area contributed by atoms with Crippen LogP contribution in [-0.4, -0.2) is 9.45 Å². The van der Waals surface area contributed by atoms with Gasteiger partial charge in [-0.1, -0.05) is 12.1 Å². The van der Waals surface area contributed by atoms with Crippen molar-refractivity contribution in [2.45, 2.75) is 0 Å². The van der Waals surface area contributed by atoms with Crippen LogP contribution in [0.4, 0.5) is 5.69 Å². The van der Waals surface area contributed by atoms with Gasteiger partial charge in [0.05, 0.1) is 11.3 Å². The summed E-state index contributed by atoms with van der Waals surface area (Å²) in [5.74, 6) is 0. The van der Waals surface area contributed by atoms with E-state index in [1.54, 1.807) is 18.2 Å². The molecule has 0 radical (unpaired) electrons. The molecular weight excluding hydrogens is 198 g/mol. The third kappa shape index (κ3) is 1.99. The first-order chi connectivity index (χ1) is 5.75.